The number of ether oxygens (including phenoxy) is 1. The van der Waals surface area contributed by atoms with Crippen LogP contribution in [0.2, 0.25) is 0 Å². The fourth-order valence-corrected chi connectivity index (χ4v) is 2.46. The van der Waals surface area contributed by atoms with Gasteiger partial charge in [0.05, 0.1) is 13.2 Å². The molecule has 1 aliphatic rings. The summed E-state index contributed by atoms with van der Waals surface area (Å²) in [5.41, 5.74) is 3.89. The zero-order chi connectivity index (χ0) is 12.3. The molecule has 5 heteroatoms. The van der Waals surface area contributed by atoms with Gasteiger partial charge in [-0.3, -0.25) is 4.68 Å². The highest BCUT2D eigenvalue weighted by Crippen LogP contribution is 2.32. The van der Waals surface area contributed by atoms with Gasteiger partial charge < -0.3 is 4.74 Å². The van der Waals surface area contributed by atoms with Crippen LogP contribution in [0, 0.1) is 0 Å². The first kappa shape index (κ1) is 12.5. The lowest BCUT2D eigenvalue weighted by Gasteiger charge is -2.19. The van der Waals surface area contributed by atoms with E-state index in [1.807, 2.05) is 17.9 Å². The summed E-state index contributed by atoms with van der Waals surface area (Å²) < 4.78 is 7.98. The lowest BCUT2D eigenvalue weighted by atomic mass is 10.1. The molecule has 0 saturated carbocycles. The fourth-order valence-electron chi connectivity index (χ4n) is 2.46. The smallest absolute Gasteiger partial charge is 0.206 e. The molecule has 1 aromatic rings. The molecular formula is C12H22N3O2+. The molecule has 0 amide bonds. The Morgan fingerprint density at radius 3 is 3.00 bits per heavy atom. The first-order valence-corrected chi connectivity index (χ1v) is 6.25. The normalized spacial score (nSPS) is 25.8. The van der Waals surface area contributed by atoms with Crippen molar-refractivity contribution in [2.45, 2.75) is 44.8 Å². The maximum atomic E-state index is 6.09. The number of nitrogens with zero attached hydrogens (tertiary/aromatic N) is 2. The molecule has 0 aliphatic carbocycles. The number of aryl methyl sites for hydroxylation is 1. The molecule has 0 bridgehead atoms. The second kappa shape index (κ2) is 5.62. The Labute approximate surface area is 102 Å². The molecular weight excluding hydrogens is 218 g/mol. The van der Waals surface area contributed by atoms with Crippen molar-refractivity contribution in [2.75, 3.05) is 7.11 Å². The second-order valence-corrected chi connectivity index (χ2v) is 4.68. The van der Waals surface area contributed by atoms with E-state index in [1.54, 1.807) is 12.6 Å². The van der Waals surface area contributed by atoms with Gasteiger partial charge in [0.2, 0.25) is 5.69 Å². The van der Waals surface area contributed by atoms with Gasteiger partial charge in [-0.25, -0.2) is 4.84 Å². The maximum absolute atomic E-state index is 6.09. The van der Waals surface area contributed by atoms with Gasteiger partial charge >= 0.3 is 0 Å². The Balaban J connectivity index is 2.21. The summed E-state index contributed by atoms with van der Waals surface area (Å²) in [5, 5.41) is 4.29. The SMILES string of the molecule is CO[NH2+]c1cnn(C)c1[C@@H]1CCCCC(C)O1. The molecule has 17 heavy (non-hydrogen) atoms. The summed E-state index contributed by atoms with van der Waals surface area (Å²) in [7, 11) is 3.62. The summed E-state index contributed by atoms with van der Waals surface area (Å²) in [6.07, 6.45) is 6.98. The second-order valence-electron chi connectivity index (χ2n) is 4.68. The van der Waals surface area contributed by atoms with E-state index < -0.39 is 0 Å². The van der Waals surface area contributed by atoms with Gasteiger partial charge in [0.25, 0.3) is 0 Å². The highest BCUT2D eigenvalue weighted by molar-refractivity contribution is 5.33. The highest BCUT2D eigenvalue weighted by Gasteiger charge is 2.26. The average Bonchev–Trinajstić information content (AvgIpc) is 2.52. The van der Waals surface area contributed by atoms with Crippen molar-refractivity contribution in [3.63, 3.8) is 0 Å². The molecule has 2 N–H and O–H groups in total. The van der Waals surface area contributed by atoms with E-state index in [0.717, 1.165) is 24.2 Å². The van der Waals surface area contributed by atoms with Crippen LogP contribution < -0.4 is 5.48 Å². The Kier molecular flexibility index (Phi) is 4.15. The lowest BCUT2D eigenvalue weighted by Crippen LogP contribution is -2.76. The molecule has 96 valence electrons. The van der Waals surface area contributed by atoms with Crippen LogP contribution in [0.1, 0.15) is 44.4 Å². The Hall–Kier alpha value is -0.910. The van der Waals surface area contributed by atoms with Gasteiger partial charge in [0, 0.05) is 7.05 Å². The van der Waals surface area contributed by atoms with Crippen molar-refractivity contribution < 1.29 is 15.1 Å². The van der Waals surface area contributed by atoms with Crippen LogP contribution >= 0.6 is 0 Å². The van der Waals surface area contributed by atoms with Crippen LogP contribution in [-0.4, -0.2) is 23.0 Å². The summed E-state index contributed by atoms with van der Waals surface area (Å²) in [5.74, 6) is 0. The predicted octanol–water partition coefficient (Wildman–Crippen LogP) is 1.20. The largest absolute Gasteiger partial charge is 0.369 e. The van der Waals surface area contributed by atoms with Crippen LogP contribution in [0.15, 0.2) is 6.20 Å². The Bertz CT molecular complexity index is 365. The monoisotopic (exact) mass is 240 g/mol. The van der Waals surface area contributed by atoms with Gasteiger partial charge in [0.15, 0.2) is 0 Å². The highest BCUT2D eigenvalue weighted by atomic mass is 16.6. The van der Waals surface area contributed by atoms with E-state index in [0.29, 0.717) is 6.10 Å². The molecule has 1 aliphatic heterocycles. The zero-order valence-corrected chi connectivity index (χ0v) is 10.8. The number of nitrogens with two attached hydrogens (primary N) is 1. The zero-order valence-electron chi connectivity index (χ0n) is 10.8. The molecule has 2 heterocycles. The van der Waals surface area contributed by atoms with Crippen molar-refractivity contribution in [2.24, 2.45) is 7.05 Å². The third-order valence-electron chi connectivity index (χ3n) is 3.29. The van der Waals surface area contributed by atoms with Gasteiger partial charge in [0.1, 0.15) is 18.0 Å². The van der Waals surface area contributed by atoms with Crippen molar-refractivity contribution in [3.8, 4) is 0 Å². The van der Waals surface area contributed by atoms with E-state index >= 15 is 0 Å². The summed E-state index contributed by atoms with van der Waals surface area (Å²) >= 11 is 0. The van der Waals surface area contributed by atoms with Crippen LogP contribution in [0.5, 0.6) is 0 Å². The molecule has 1 fully saturated rings. The quantitative estimate of drug-likeness (QED) is 0.808. The number of rotatable bonds is 3. The summed E-state index contributed by atoms with van der Waals surface area (Å²) in [6.45, 7) is 2.15. The van der Waals surface area contributed by atoms with Crippen molar-refractivity contribution in [1.82, 2.24) is 9.78 Å². The van der Waals surface area contributed by atoms with Crippen LogP contribution in [-0.2, 0) is 16.6 Å². The fraction of sp³-hybridized carbons (Fsp3) is 0.750. The van der Waals surface area contributed by atoms with Gasteiger partial charge in [-0.15, -0.1) is 0 Å². The Morgan fingerprint density at radius 2 is 2.24 bits per heavy atom. The minimum absolute atomic E-state index is 0.140. The first-order valence-electron chi connectivity index (χ1n) is 6.25. The lowest BCUT2D eigenvalue weighted by molar-refractivity contribution is -0.830. The van der Waals surface area contributed by atoms with Gasteiger partial charge in [-0.2, -0.15) is 10.6 Å². The molecule has 0 aromatic carbocycles. The molecule has 1 saturated heterocycles. The summed E-state index contributed by atoms with van der Waals surface area (Å²) in [6, 6.07) is 0. The van der Waals surface area contributed by atoms with E-state index in [2.05, 4.69) is 12.0 Å². The van der Waals surface area contributed by atoms with Crippen LogP contribution in [0.25, 0.3) is 0 Å². The number of quaternary nitrogens is 1. The first-order chi connectivity index (χ1) is 8.22. The number of aromatic nitrogens is 2. The van der Waals surface area contributed by atoms with E-state index in [9.17, 15) is 0 Å². The van der Waals surface area contributed by atoms with E-state index in [1.165, 1.54) is 12.8 Å². The third kappa shape index (κ3) is 2.86. The van der Waals surface area contributed by atoms with Crippen molar-refractivity contribution in [1.29, 1.82) is 0 Å². The predicted molar refractivity (Wildman–Crippen MR) is 63.6 cm³/mol. The molecule has 1 aromatic heterocycles. The molecule has 2 atom stereocenters. The number of hydrogen-bond donors (Lipinski definition) is 1. The van der Waals surface area contributed by atoms with Crippen molar-refractivity contribution >= 4 is 5.69 Å². The standard InChI is InChI=1S/C12H21N3O2/c1-9-6-4-5-7-11(17-9)12-10(14-16-3)8-13-15(12)2/h8-9,11,14H,4-7H2,1-3H3/p+1/t9?,11-/m0/s1. The molecule has 0 spiro atoms. The van der Waals surface area contributed by atoms with Crippen molar-refractivity contribution in [3.05, 3.63) is 11.9 Å². The minimum atomic E-state index is 0.140. The van der Waals surface area contributed by atoms with Gasteiger partial charge in [-0.05, 0) is 19.8 Å². The van der Waals surface area contributed by atoms with Crippen LogP contribution in [0.4, 0.5) is 5.69 Å². The third-order valence-corrected chi connectivity index (χ3v) is 3.29. The molecule has 2 rings (SSSR count). The van der Waals surface area contributed by atoms with Crippen LogP contribution in [0.3, 0.4) is 0 Å². The average molecular weight is 240 g/mol. The van der Waals surface area contributed by atoms with Gasteiger partial charge in [-0.1, -0.05) is 12.8 Å². The minimum Gasteiger partial charge on any atom is -0.369 e. The number of hydrogen-bond acceptors (Lipinski definition) is 3. The molecule has 0 radical (unpaired) electrons. The topological polar surface area (TPSA) is 52.9 Å². The Morgan fingerprint density at radius 1 is 1.47 bits per heavy atom. The van der Waals surface area contributed by atoms with E-state index in [4.69, 9.17) is 9.57 Å². The maximum Gasteiger partial charge on any atom is 0.206 e. The van der Waals surface area contributed by atoms with E-state index in [-0.39, 0.29) is 6.10 Å². The molecule has 1 unspecified atom stereocenters. The molecule has 5 nitrogen and oxygen atoms in total. The summed E-state index contributed by atoms with van der Waals surface area (Å²) in [4.78, 5) is 5.10.